The maximum Gasteiger partial charge on any atom is 0.230 e. The summed E-state index contributed by atoms with van der Waals surface area (Å²) in [5, 5.41) is 6.42. The molecule has 0 bridgehead atoms. The third-order valence-electron chi connectivity index (χ3n) is 3.34. The minimum atomic E-state index is -0.0683. The van der Waals surface area contributed by atoms with Crippen molar-refractivity contribution in [2.75, 3.05) is 11.6 Å². The Morgan fingerprint density at radius 3 is 2.79 bits per heavy atom. The van der Waals surface area contributed by atoms with Gasteiger partial charge in [-0.25, -0.2) is 4.98 Å². The summed E-state index contributed by atoms with van der Waals surface area (Å²) in [6.07, 6.45) is 2.27. The van der Waals surface area contributed by atoms with E-state index in [2.05, 4.69) is 10.3 Å². The number of halogens is 1. The largest absolute Gasteiger partial charge is 0.326 e. The van der Waals surface area contributed by atoms with Gasteiger partial charge < -0.3 is 5.32 Å². The van der Waals surface area contributed by atoms with E-state index in [0.29, 0.717) is 5.02 Å². The van der Waals surface area contributed by atoms with Gasteiger partial charge in [0.15, 0.2) is 0 Å². The molecule has 3 rings (SSSR count). The van der Waals surface area contributed by atoms with E-state index in [4.69, 9.17) is 11.6 Å². The van der Waals surface area contributed by atoms with Crippen molar-refractivity contribution >= 4 is 46.3 Å². The number of amides is 1. The third-order valence-corrected chi connectivity index (χ3v) is 5.26. The van der Waals surface area contributed by atoms with Crippen LogP contribution in [-0.4, -0.2) is 17.1 Å². The Bertz CT molecular complexity index is 846. The maximum atomic E-state index is 12.2. The van der Waals surface area contributed by atoms with Gasteiger partial charge in [0.1, 0.15) is 5.01 Å². The van der Waals surface area contributed by atoms with Crippen molar-refractivity contribution in [3.63, 3.8) is 0 Å². The van der Waals surface area contributed by atoms with E-state index in [9.17, 15) is 4.79 Å². The molecule has 0 aliphatic heterocycles. The van der Waals surface area contributed by atoms with Gasteiger partial charge in [0.2, 0.25) is 5.91 Å². The minimum Gasteiger partial charge on any atom is -0.326 e. The molecule has 0 spiro atoms. The van der Waals surface area contributed by atoms with Crippen molar-refractivity contribution in [2.24, 2.45) is 0 Å². The average Bonchev–Trinajstić information content (AvgIpc) is 3.04. The Morgan fingerprint density at radius 1 is 1.25 bits per heavy atom. The molecule has 1 aromatic heterocycles. The molecule has 1 heterocycles. The lowest BCUT2D eigenvalue weighted by Crippen LogP contribution is -2.14. The van der Waals surface area contributed by atoms with E-state index in [1.807, 2.05) is 60.2 Å². The summed E-state index contributed by atoms with van der Waals surface area (Å²) >= 11 is 9.07. The summed E-state index contributed by atoms with van der Waals surface area (Å²) in [7, 11) is 0. The van der Waals surface area contributed by atoms with Crippen molar-refractivity contribution in [2.45, 2.75) is 11.3 Å². The summed E-state index contributed by atoms with van der Waals surface area (Å²) in [6, 6.07) is 15.3. The Kier molecular flexibility index (Phi) is 5.56. The van der Waals surface area contributed by atoms with E-state index in [1.54, 1.807) is 11.8 Å². The number of hydrogen-bond acceptors (Lipinski definition) is 4. The summed E-state index contributed by atoms with van der Waals surface area (Å²) in [5.41, 5.74) is 2.58. The number of carbonyl (C=O) groups excluding carboxylic acids is 1. The van der Waals surface area contributed by atoms with E-state index >= 15 is 0 Å². The van der Waals surface area contributed by atoms with E-state index in [1.165, 1.54) is 11.3 Å². The molecule has 0 unspecified atom stereocenters. The normalized spacial score (nSPS) is 10.6. The van der Waals surface area contributed by atoms with Gasteiger partial charge in [-0.1, -0.05) is 29.8 Å². The van der Waals surface area contributed by atoms with Crippen molar-refractivity contribution in [1.82, 2.24) is 4.98 Å². The topological polar surface area (TPSA) is 42.0 Å². The van der Waals surface area contributed by atoms with Crippen LogP contribution in [0.25, 0.3) is 10.6 Å². The Balaban J connectivity index is 1.65. The van der Waals surface area contributed by atoms with Crippen LogP contribution in [0.15, 0.2) is 58.8 Å². The predicted molar refractivity (Wildman–Crippen MR) is 103 cm³/mol. The molecule has 2 aromatic carbocycles. The van der Waals surface area contributed by atoms with E-state index in [-0.39, 0.29) is 12.3 Å². The predicted octanol–water partition coefficient (Wildman–Crippen LogP) is 5.37. The SMILES string of the molecule is CSc1cccc(NC(=O)Cc2csc(-c3ccc(Cl)cc3)n2)c1. The number of thiazole rings is 1. The standard InChI is InChI=1S/C18H15ClN2OS2/c1-23-16-4-2-3-14(9-16)20-17(22)10-15-11-24-18(21-15)12-5-7-13(19)8-6-12/h2-9,11H,10H2,1H3,(H,20,22). The molecule has 0 atom stereocenters. The molecule has 3 aromatic rings. The lowest BCUT2D eigenvalue weighted by molar-refractivity contribution is -0.115. The molecular formula is C18H15ClN2OS2. The fraction of sp³-hybridized carbons (Fsp3) is 0.111. The smallest absolute Gasteiger partial charge is 0.230 e. The maximum absolute atomic E-state index is 12.2. The van der Waals surface area contributed by atoms with Crippen LogP contribution >= 0.6 is 34.7 Å². The second-order valence-corrected chi connectivity index (χ2v) is 7.28. The van der Waals surface area contributed by atoms with Gasteiger partial charge in [-0.05, 0) is 36.6 Å². The van der Waals surface area contributed by atoms with Crippen LogP contribution in [0.1, 0.15) is 5.69 Å². The summed E-state index contributed by atoms with van der Waals surface area (Å²) in [6.45, 7) is 0. The highest BCUT2D eigenvalue weighted by atomic mass is 35.5. The van der Waals surface area contributed by atoms with Gasteiger partial charge >= 0.3 is 0 Å². The number of nitrogens with zero attached hydrogens (tertiary/aromatic N) is 1. The fourth-order valence-electron chi connectivity index (χ4n) is 2.18. The highest BCUT2D eigenvalue weighted by Crippen LogP contribution is 2.25. The molecule has 0 aliphatic rings. The quantitative estimate of drug-likeness (QED) is 0.610. The molecule has 0 fully saturated rings. The first kappa shape index (κ1) is 17.0. The van der Waals surface area contributed by atoms with Crippen LogP contribution in [0.5, 0.6) is 0 Å². The van der Waals surface area contributed by atoms with Crippen molar-refractivity contribution in [3.05, 3.63) is 64.6 Å². The molecule has 1 amide bonds. The van der Waals surface area contributed by atoms with E-state index in [0.717, 1.165) is 26.8 Å². The minimum absolute atomic E-state index is 0.0683. The third kappa shape index (κ3) is 4.38. The van der Waals surface area contributed by atoms with Crippen LogP contribution in [0, 0.1) is 0 Å². The number of thioether (sulfide) groups is 1. The van der Waals surface area contributed by atoms with Crippen LogP contribution in [0.2, 0.25) is 5.02 Å². The van der Waals surface area contributed by atoms with Gasteiger partial charge in [0.25, 0.3) is 0 Å². The van der Waals surface area contributed by atoms with Gasteiger partial charge in [0, 0.05) is 26.5 Å². The molecule has 0 aliphatic carbocycles. The zero-order valence-corrected chi connectivity index (χ0v) is 15.3. The molecule has 0 saturated heterocycles. The zero-order chi connectivity index (χ0) is 16.9. The van der Waals surface area contributed by atoms with Crippen LogP contribution in [-0.2, 0) is 11.2 Å². The van der Waals surface area contributed by atoms with Crippen LogP contribution in [0.4, 0.5) is 5.69 Å². The lowest BCUT2D eigenvalue weighted by atomic mass is 10.2. The number of anilines is 1. The first-order valence-corrected chi connectivity index (χ1v) is 9.76. The molecule has 24 heavy (non-hydrogen) atoms. The number of hydrogen-bond donors (Lipinski definition) is 1. The Labute approximate surface area is 154 Å². The highest BCUT2D eigenvalue weighted by Gasteiger charge is 2.09. The van der Waals surface area contributed by atoms with E-state index < -0.39 is 0 Å². The van der Waals surface area contributed by atoms with Gasteiger partial charge in [-0.2, -0.15) is 0 Å². The van der Waals surface area contributed by atoms with Gasteiger partial charge in [-0.3, -0.25) is 4.79 Å². The Morgan fingerprint density at radius 2 is 2.04 bits per heavy atom. The van der Waals surface area contributed by atoms with Crippen LogP contribution in [0.3, 0.4) is 0 Å². The summed E-state index contributed by atoms with van der Waals surface area (Å²) in [5.74, 6) is -0.0683. The molecule has 1 N–H and O–H groups in total. The molecular weight excluding hydrogens is 360 g/mol. The number of nitrogens with one attached hydrogen (secondary N) is 1. The Hall–Kier alpha value is -1.82. The molecule has 0 radical (unpaired) electrons. The summed E-state index contributed by atoms with van der Waals surface area (Å²) in [4.78, 5) is 17.9. The highest BCUT2D eigenvalue weighted by molar-refractivity contribution is 7.98. The molecule has 3 nitrogen and oxygen atoms in total. The number of benzene rings is 2. The van der Waals surface area contributed by atoms with Gasteiger partial charge in [0.05, 0.1) is 12.1 Å². The first-order chi connectivity index (χ1) is 11.6. The summed E-state index contributed by atoms with van der Waals surface area (Å²) < 4.78 is 0. The van der Waals surface area contributed by atoms with Crippen molar-refractivity contribution in [1.29, 1.82) is 0 Å². The fourth-order valence-corrected chi connectivity index (χ4v) is 3.60. The average molecular weight is 375 g/mol. The molecule has 122 valence electrons. The zero-order valence-electron chi connectivity index (χ0n) is 13.0. The molecule has 0 saturated carbocycles. The number of carbonyl (C=O) groups is 1. The van der Waals surface area contributed by atoms with Crippen LogP contribution < -0.4 is 5.32 Å². The first-order valence-electron chi connectivity index (χ1n) is 7.28. The number of rotatable bonds is 5. The number of aromatic nitrogens is 1. The molecule has 6 heteroatoms. The van der Waals surface area contributed by atoms with Crippen molar-refractivity contribution < 1.29 is 4.79 Å². The van der Waals surface area contributed by atoms with Gasteiger partial charge in [-0.15, -0.1) is 23.1 Å². The van der Waals surface area contributed by atoms with Crippen molar-refractivity contribution in [3.8, 4) is 10.6 Å². The second kappa shape index (κ2) is 7.83. The second-order valence-electron chi connectivity index (χ2n) is 5.11. The monoisotopic (exact) mass is 374 g/mol. The lowest BCUT2D eigenvalue weighted by Gasteiger charge is -2.05.